The van der Waals surface area contributed by atoms with Crippen molar-refractivity contribution in [3.05, 3.63) is 18.2 Å². The van der Waals surface area contributed by atoms with Gasteiger partial charge in [-0.05, 0) is 18.8 Å². The largest absolute Gasteiger partial charge is 0.384 e. The van der Waals surface area contributed by atoms with Gasteiger partial charge in [-0.15, -0.1) is 0 Å². The molecule has 2 rings (SSSR count). The number of nitrogens with zero attached hydrogens (tertiary/aromatic N) is 3. The van der Waals surface area contributed by atoms with Crippen LogP contribution < -0.4 is 5.73 Å². The number of methoxy groups -OCH3 is 1. The van der Waals surface area contributed by atoms with Gasteiger partial charge in [0, 0.05) is 39.5 Å². The Morgan fingerprint density at radius 1 is 1.63 bits per heavy atom. The summed E-state index contributed by atoms with van der Waals surface area (Å²) in [5.74, 6) is 0.449. The quantitative estimate of drug-likeness (QED) is 0.834. The van der Waals surface area contributed by atoms with Gasteiger partial charge >= 0.3 is 0 Å². The number of imidazole rings is 1. The highest BCUT2D eigenvalue weighted by Gasteiger charge is 2.25. The van der Waals surface area contributed by atoms with Gasteiger partial charge in [-0.3, -0.25) is 4.79 Å². The highest BCUT2D eigenvalue weighted by atomic mass is 16.5. The van der Waals surface area contributed by atoms with Crippen LogP contribution >= 0.6 is 0 Å². The Morgan fingerprint density at radius 2 is 2.47 bits per heavy atom. The first-order valence-corrected chi connectivity index (χ1v) is 6.74. The molecular weight excluding hydrogens is 244 g/mol. The van der Waals surface area contributed by atoms with E-state index < -0.39 is 0 Å². The number of hydrogen-bond donors (Lipinski definition) is 1. The van der Waals surface area contributed by atoms with Crippen molar-refractivity contribution in [1.29, 1.82) is 0 Å². The normalized spacial score (nSPS) is 19.7. The van der Waals surface area contributed by atoms with Crippen LogP contribution in [0.3, 0.4) is 0 Å². The second-order valence-electron chi connectivity index (χ2n) is 5.00. The van der Waals surface area contributed by atoms with Crippen molar-refractivity contribution in [2.75, 3.05) is 33.4 Å². The average molecular weight is 266 g/mol. The topological polar surface area (TPSA) is 73.4 Å². The summed E-state index contributed by atoms with van der Waals surface area (Å²) in [6, 6.07) is 0. The molecule has 0 saturated carbocycles. The number of nitrogens with two attached hydrogens (primary N) is 1. The molecule has 1 aliphatic heterocycles. The summed E-state index contributed by atoms with van der Waals surface area (Å²) in [5.41, 5.74) is 5.99. The lowest BCUT2D eigenvalue weighted by Gasteiger charge is -2.31. The van der Waals surface area contributed by atoms with Crippen molar-refractivity contribution in [2.45, 2.75) is 19.4 Å². The van der Waals surface area contributed by atoms with Crippen LogP contribution in [0.5, 0.6) is 0 Å². The monoisotopic (exact) mass is 266 g/mol. The summed E-state index contributed by atoms with van der Waals surface area (Å²) in [5, 5.41) is 0. The molecule has 1 aliphatic rings. The van der Waals surface area contributed by atoms with Crippen LogP contribution in [0.4, 0.5) is 0 Å². The molecule has 1 saturated heterocycles. The summed E-state index contributed by atoms with van der Waals surface area (Å²) < 4.78 is 7.03. The fourth-order valence-corrected chi connectivity index (χ4v) is 2.53. The Labute approximate surface area is 113 Å². The molecule has 0 aromatic carbocycles. The number of amides is 1. The molecule has 6 heteroatoms. The van der Waals surface area contributed by atoms with Crippen LogP contribution in [0.25, 0.3) is 0 Å². The Bertz CT molecular complexity index is 417. The molecule has 19 heavy (non-hydrogen) atoms. The molecule has 6 nitrogen and oxygen atoms in total. The molecule has 1 aromatic rings. The number of carbonyl (C=O) groups excluding carboxylic acids is 1. The van der Waals surface area contributed by atoms with Gasteiger partial charge in [0.1, 0.15) is 5.69 Å². The smallest absolute Gasteiger partial charge is 0.274 e. The zero-order valence-corrected chi connectivity index (χ0v) is 11.4. The van der Waals surface area contributed by atoms with Crippen LogP contribution in [-0.4, -0.2) is 53.7 Å². The first-order valence-electron chi connectivity index (χ1n) is 6.74. The molecule has 0 bridgehead atoms. The highest BCUT2D eigenvalue weighted by Crippen LogP contribution is 2.18. The van der Waals surface area contributed by atoms with E-state index in [9.17, 15) is 4.79 Å². The first-order chi connectivity index (χ1) is 9.24. The van der Waals surface area contributed by atoms with E-state index in [0.717, 1.165) is 25.9 Å². The summed E-state index contributed by atoms with van der Waals surface area (Å²) >= 11 is 0. The average Bonchev–Trinajstić information content (AvgIpc) is 2.88. The number of aromatic nitrogens is 2. The maximum atomic E-state index is 12.3. The molecule has 0 spiro atoms. The van der Waals surface area contributed by atoms with Gasteiger partial charge < -0.3 is 19.9 Å². The van der Waals surface area contributed by atoms with E-state index in [0.29, 0.717) is 31.3 Å². The number of rotatable bonds is 5. The molecule has 106 valence electrons. The molecule has 0 aliphatic carbocycles. The second kappa shape index (κ2) is 6.68. The van der Waals surface area contributed by atoms with Crippen LogP contribution in [-0.2, 0) is 11.3 Å². The SMILES string of the molecule is COCC1CCCN(C(=O)c2cn(CCN)cn2)C1. The lowest BCUT2D eigenvalue weighted by atomic mass is 9.99. The Kier molecular flexibility index (Phi) is 4.93. The molecule has 2 heterocycles. The van der Waals surface area contributed by atoms with E-state index in [1.807, 2.05) is 9.47 Å². The molecular formula is C13H22N4O2. The van der Waals surface area contributed by atoms with Crippen LogP contribution in [0.1, 0.15) is 23.3 Å². The fraction of sp³-hybridized carbons (Fsp3) is 0.692. The third-order valence-electron chi connectivity index (χ3n) is 3.45. The van der Waals surface area contributed by atoms with Gasteiger partial charge in [0.15, 0.2) is 0 Å². The number of ether oxygens (including phenoxy) is 1. The van der Waals surface area contributed by atoms with Gasteiger partial charge in [-0.1, -0.05) is 0 Å². The lowest BCUT2D eigenvalue weighted by molar-refractivity contribution is 0.0566. The van der Waals surface area contributed by atoms with Gasteiger partial charge in [-0.25, -0.2) is 4.98 Å². The van der Waals surface area contributed by atoms with Crippen molar-refractivity contribution in [3.63, 3.8) is 0 Å². The van der Waals surface area contributed by atoms with Crippen LogP contribution in [0.15, 0.2) is 12.5 Å². The molecule has 1 fully saturated rings. The minimum Gasteiger partial charge on any atom is -0.384 e. The van der Waals surface area contributed by atoms with Crippen LogP contribution in [0, 0.1) is 5.92 Å². The van der Waals surface area contributed by atoms with E-state index >= 15 is 0 Å². The second-order valence-corrected chi connectivity index (χ2v) is 5.00. The predicted octanol–water partition coefficient (Wildman–Crippen LogP) is 0.340. The third kappa shape index (κ3) is 3.54. The highest BCUT2D eigenvalue weighted by molar-refractivity contribution is 5.92. The summed E-state index contributed by atoms with van der Waals surface area (Å²) in [7, 11) is 1.70. The standard InChI is InChI=1S/C13H22N4O2/c1-19-9-11-3-2-5-17(7-11)13(18)12-8-16(6-4-14)10-15-12/h8,10-11H,2-7,9,14H2,1H3. The zero-order valence-electron chi connectivity index (χ0n) is 11.4. The molecule has 0 radical (unpaired) electrons. The minimum absolute atomic E-state index is 0.0107. The van der Waals surface area contributed by atoms with Crippen LogP contribution in [0.2, 0.25) is 0 Å². The lowest BCUT2D eigenvalue weighted by Crippen LogP contribution is -2.41. The molecule has 1 aromatic heterocycles. The summed E-state index contributed by atoms with van der Waals surface area (Å²) in [6.07, 6.45) is 5.59. The van der Waals surface area contributed by atoms with Crippen molar-refractivity contribution in [3.8, 4) is 0 Å². The van der Waals surface area contributed by atoms with Gasteiger partial charge in [0.2, 0.25) is 0 Å². The maximum Gasteiger partial charge on any atom is 0.274 e. The summed E-state index contributed by atoms with van der Waals surface area (Å²) in [4.78, 5) is 18.4. The molecule has 1 amide bonds. The summed E-state index contributed by atoms with van der Waals surface area (Å²) in [6.45, 7) is 3.51. The maximum absolute atomic E-state index is 12.3. The fourth-order valence-electron chi connectivity index (χ4n) is 2.53. The van der Waals surface area contributed by atoms with E-state index in [-0.39, 0.29) is 5.91 Å². The number of piperidine rings is 1. The Balaban J connectivity index is 1.97. The van der Waals surface area contributed by atoms with Gasteiger partial charge in [-0.2, -0.15) is 0 Å². The van der Waals surface area contributed by atoms with Crippen molar-refractivity contribution >= 4 is 5.91 Å². The number of carbonyl (C=O) groups is 1. The molecule has 1 unspecified atom stereocenters. The van der Waals surface area contributed by atoms with Gasteiger partial charge in [0.05, 0.1) is 12.9 Å². The van der Waals surface area contributed by atoms with Crippen molar-refractivity contribution in [2.24, 2.45) is 11.7 Å². The Morgan fingerprint density at radius 3 is 3.21 bits per heavy atom. The van der Waals surface area contributed by atoms with E-state index in [1.54, 1.807) is 19.6 Å². The van der Waals surface area contributed by atoms with E-state index in [2.05, 4.69) is 4.98 Å². The van der Waals surface area contributed by atoms with Gasteiger partial charge in [0.25, 0.3) is 5.91 Å². The number of likely N-dealkylation sites (tertiary alicyclic amines) is 1. The molecule has 2 N–H and O–H groups in total. The van der Waals surface area contributed by atoms with Crippen molar-refractivity contribution < 1.29 is 9.53 Å². The van der Waals surface area contributed by atoms with E-state index in [1.165, 1.54) is 0 Å². The zero-order chi connectivity index (χ0) is 13.7. The predicted molar refractivity (Wildman–Crippen MR) is 71.8 cm³/mol. The minimum atomic E-state index is 0.0107. The third-order valence-corrected chi connectivity index (χ3v) is 3.45. The number of hydrogen-bond acceptors (Lipinski definition) is 4. The Hall–Kier alpha value is -1.40. The first kappa shape index (κ1) is 14.0. The van der Waals surface area contributed by atoms with Crippen molar-refractivity contribution in [1.82, 2.24) is 14.5 Å². The molecule has 1 atom stereocenters. The van der Waals surface area contributed by atoms with E-state index in [4.69, 9.17) is 10.5 Å².